The topological polar surface area (TPSA) is 113 Å². The molecule has 2 heterocycles. The molecule has 1 saturated heterocycles. The lowest BCUT2D eigenvalue weighted by molar-refractivity contribution is -0.133. The number of sulfonamides is 1. The maximum atomic E-state index is 13.1. The minimum absolute atomic E-state index is 0.0191. The van der Waals surface area contributed by atoms with E-state index in [1.54, 1.807) is 4.90 Å². The van der Waals surface area contributed by atoms with E-state index >= 15 is 0 Å². The quantitative estimate of drug-likeness (QED) is 0.614. The second-order valence-electron chi connectivity index (χ2n) is 8.57. The highest BCUT2D eigenvalue weighted by molar-refractivity contribution is 7.89. The number of rotatable bonds is 7. The van der Waals surface area contributed by atoms with Crippen LogP contribution in [0.3, 0.4) is 0 Å². The third-order valence-corrected chi connectivity index (χ3v) is 9.16. The number of hydrogen-bond acceptors (Lipinski definition) is 7. The van der Waals surface area contributed by atoms with Crippen molar-refractivity contribution >= 4 is 38.3 Å². The van der Waals surface area contributed by atoms with E-state index in [0.29, 0.717) is 11.0 Å². The van der Waals surface area contributed by atoms with Gasteiger partial charge in [-0.1, -0.05) is 30.6 Å². The van der Waals surface area contributed by atoms with E-state index in [4.69, 9.17) is 0 Å². The van der Waals surface area contributed by atoms with Crippen molar-refractivity contribution in [2.24, 2.45) is 0 Å². The van der Waals surface area contributed by atoms with Crippen LogP contribution < -0.4 is 5.32 Å². The lowest BCUT2D eigenvalue weighted by Crippen LogP contribution is -2.50. The molecule has 2 fully saturated rings. The zero-order valence-electron chi connectivity index (χ0n) is 18.8. The monoisotopic (exact) mass is 509 g/mol. The van der Waals surface area contributed by atoms with Crippen molar-refractivity contribution in [3.8, 4) is 0 Å². The Morgan fingerprint density at radius 2 is 1.68 bits per heavy atom. The molecule has 1 aromatic heterocycles. The second kappa shape index (κ2) is 10.9. The number of amides is 2. The van der Waals surface area contributed by atoms with Crippen molar-refractivity contribution in [2.45, 2.75) is 55.8 Å². The van der Waals surface area contributed by atoms with E-state index in [0.717, 1.165) is 30.0 Å². The highest BCUT2D eigenvalue weighted by Gasteiger charge is 2.30. The molecular weight excluding hydrogens is 481 g/mol. The molecule has 2 aromatic rings. The Morgan fingerprint density at radius 1 is 1.00 bits per heavy atom. The molecule has 1 saturated carbocycles. The summed E-state index contributed by atoms with van der Waals surface area (Å²) in [4.78, 5) is 26.4. The lowest BCUT2D eigenvalue weighted by Gasteiger charge is -2.34. The van der Waals surface area contributed by atoms with Gasteiger partial charge in [0.2, 0.25) is 27.0 Å². The average molecular weight is 510 g/mol. The molecule has 1 aliphatic carbocycles. The maximum absolute atomic E-state index is 13.1. The number of piperazine rings is 1. The summed E-state index contributed by atoms with van der Waals surface area (Å²) in [5.74, 6) is -0.579. The number of carbonyl (C=O) groups excluding carboxylic acids is 2. The molecule has 2 amide bonds. The molecule has 0 unspecified atom stereocenters. The van der Waals surface area contributed by atoms with Gasteiger partial charge in [-0.15, -0.1) is 10.2 Å². The van der Waals surface area contributed by atoms with Gasteiger partial charge < -0.3 is 10.2 Å². The number of aromatic nitrogens is 2. The summed E-state index contributed by atoms with van der Waals surface area (Å²) >= 11 is 1.40. The van der Waals surface area contributed by atoms with Crippen LogP contribution in [0, 0.1) is 5.82 Å². The largest absolute Gasteiger partial charge is 0.340 e. The van der Waals surface area contributed by atoms with Crippen LogP contribution in [0.25, 0.3) is 0 Å². The SMILES string of the molecule is O=C(CCC(=O)N1CCN(S(=O)(=O)c2ccc(F)cc2)CC1)Nc1nnc(C2CCCCC2)s1. The van der Waals surface area contributed by atoms with Gasteiger partial charge in [0.1, 0.15) is 10.8 Å². The molecule has 12 heteroatoms. The zero-order valence-corrected chi connectivity index (χ0v) is 20.4. The van der Waals surface area contributed by atoms with Gasteiger partial charge in [-0.25, -0.2) is 12.8 Å². The third-order valence-electron chi connectivity index (χ3n) is 6.25. The van der Waals surface area contributed by atoms with E-state index in [1.165, 1.54) is 47.0 Å². The predicted octanol–water partition coefficient (Wildman–Crippen LogP) is 2.98. The Balaban J connectivity index is 1.21. The number of hydrogen-bond donors (Lipinski definition) is 1. The van der Waals surface area contributed by atoms with Crippen molar-refractivity contribution in [3.63, 3.8) is 0 Å². The molecule has 9 nitrogen and oxygen atoms in total. The Morgan fingerprint density at radius 3 is 2.35 bits per heavy atom. The molecule has 0 spiro atoms. The fourth-order valence-corrected chi connectivity index (χ4v) is 6.64. The summed E-state index contributed by atoms with van der Waals surface area (Å²) in [6, 6.07) is 4.68. The fraction of sp³-hybridized carbons (Fsp3) is 0.545. The van der Waals surface area contributed by atoms with Crippen LogP contribution >= 0.6 is 11.3 Å². The first-order valence-corrected chi connectivity index (χ1v) is 13.8. The Hall–Kier alpha value is -2.44. The van der Waals surface area contributed by atoms with Crippen LogP contribution in [0.2, 0.25) is 0 Å². The smallest absolute Gasteiger partial charge is 0.243 e. The molecule has 0 radical (unpaired) electrons. The maximum Gasteiger partial charge on any atom is 0.243 e. The van der Waals surface area contributed by atoms with Gasteiger partial charge in [0, 0.05) is 44.9 Å². The van der Waals surface area contributed by atoms with Gasteiger partial charge in [-0.2, -0.15) is 4.31 Å². The summed E-state index contributed by atoms with van der Waals surface area (Å²) in [5, 5.41) is 12.4. The van der Waals surface area contributed by atoms with Crippen LogP contribution in [0.15, 0.2) is 29.2 Å². The molecule has 34 heavy (non-hydrogen) atoms. The number of nitrogens with one attached hydrogen (secondary N) is 1. The number of nitrogens with zero attached hydrogens (tertiary/aromatic N) is 4. The summed E-state index contributed by atoms with van der Waals surface area (Å²) in [6.45, 7) is 0.767. The molecule has 184 valence electrons. The number of carbonyl (C=O) groups is 2. The zero-order chi connectivity index (χ0) is 24.1. The summed E-state index contributed by atoms with van der Waals surface area (Å²) in [7, 11) is -3.74. The highest BCUT2D eigenvalue weighted by Crippen LogP contribution is 2.35. The van der Waals surface area contributed by atoms with E-state index in [9.17, 15) is 22.4 Å². The first kappa shape index (κ1) is 24.7. The second-order valence-corrected chi connectivity index (χ2v) is 11.5. The Bertz CT molecular complexity index is 1110. The Kier molecular flexibility index (Phi) is 7.89. The Labute approximate surface area is 202 Å². The molecule has 1 aromatic carbocycles. The van der Waals surface area contributed by atoms with E-state index in [-0.39, 0.29) is 55.7 Å². The van der Waals surface area contributed by atoms with E-state index in [1.807, 2.05) is 0 Å². The van der Waals surface area contributed by atoms with Crippen LogP contribution in [0.5, 0.6) is 0 Å². The number of benzene rings is 1. The molecule has 0 atom stereocenters. The molecular formula is C22H28FN5O4S2. The highest BCUT2D eigenvalue weighted by atomic mass is 32.2. The molecule has 4 rings (SSSR count). The summed E-state index contributed by atoms with van der Waals surface area (Å²) < 4.78 is 39.8. The van der Waals surface area contributed by atoms with Gasteiger partial charge >= 0.3 is 0 Å². The van der Waals surface area contributed by atoms with Crippen molar-refractivity contribution in [1.82, 2.24) is 19.4 Å². The fourth-order valence-electron chi connectivity index (χ4n) is 4.29. The number of halogens is 1. The molecule has 1 N–H and O–H groups in total. The third kappa shape index (κ3) is 5.97. The molecule has 0 bridgehead atoms. The van der Waals surface area contributed by atoms with Gasteiger partial charge in [0.05, 0.1) is 4.90 Å². The number of anilines is 1. The summed E-state index contributed by atoms with van der Waals surface area (Å²) in [6.07, 6.45) is 5.91. The first-order valence-electron chi connectivity index (χ1n) is 11.5. The predicted molar refractivity (Wildman–Crippen MR) is 125 cm³/mol. The lowest BCUT2D eigenvalue weighted by atomic mass is 9.90. The normalized spacial score (nSPS) is 18.1. The van der Waals surface area contributed by atoms with Crippen molar-refractivity contribution in [2.75, 3.05) is 31.5 Å². The van der Waals surface area contributed by atoms with Crippen LogP contribution in [-0.4, -0.2) is 65.8 Å². The minimum atomic E-state index is -3.74. The van der Waals surface area contributed by atoms with Crippen molar-refractivity contribution in [3.05, 3.63) is 35.1 Å². The van der Waals surface area contributed by atoms with Gasteiger partial charge in [-0.3, -0.25) is 9.59 Å². The van der Waals surface area contributed by atoms with Crippen LogP contribution in [0.4, 0.5) is 9.52 Å². The minimum Gasteiger partial charge on any atom is -0.340 e. The van der Waals surface area contributed by atoms with E-state index < -0.39 is 15.8 Å². The van der Waals surface area contributed by atoms with Crippen LogP contribution in [0.1, 0.15) is 55.9 Å². The van der Waals surface area contributed by atoms with Gasteiger partial charge in [-0.05, 0) is 37.1 Å². The van der Waals surface area contributed by atoms with Crippen molar-refractivity contribution in [1.29, 1.82) is 0 Å². The standard InChI is InChI=1S/C22H28FN5O4S2/c23-17-6-8-18(9-7-17)34(31,32)28-14-12-27(13-15-28)20(30)11-10-19(29)24-22-26-25-21(33-22)16-4-2-1-3-5-16/h6-9,16H,1-5,10-15H2,(H,24,26,29). The molecule has 1 aliphatic heterocycles. The molecule has 2 aliphatic rings. The first-order chi connectivity index (χ1) is 16.3. The van der Waals surface area contributed by atoms with Gasteiger partial charge in [0.25, 0.3) is 0 Å². The van der Waals surface area contributed by atoms with Crippen molar-refractivity contribution < 1.29 is 22.4 Å². The van der Waals surface area contributed by atoms with E-state index in [2.05, 4.69) is 15.5 Å². The van der Waals surface area contributed by atoms with Crippen LogP contribution in [-0.2, 0) is 19.6 Å². The van der Waals surface area contributed by atoms with Gasteiger partial charge in [0.15, 0.2) is 0 Å². The summed E-state index contributed by atoms with van der Waals surface area (Å²) in [5.41, 5.74) is 0. The average Bonchev–Trinajstić information content (AvgIpc) is 3.32.